The zero-order chi connectivity index (χ0) is 12.8. The van der Waals surface area contributed by atoms with Crippen LogP contribution in [0.5, 0.6) is 0 Å². The third-order valence-corrected chi connectivity index (χ3v) is 3.52. The third-order valence-electron chi connectivity index (χ3n) is 3.52. The Balaban J connectivity index is 1.98. The summed E-state index contributed by atoms with van der Waals surface area (Å²) in [6.07, 6.45) is 7.54. The number of hydrogen-bond donors (Lipinski definition) is 1. The second kappa shape index (κ2) is 6.34. The van der Waals surface area contributed by atoms with E-state index in [0.717, 1.165) is 32.0 Å². The predicted octanol–water partition coefficient (Wildman–Crippen LogP) is 3.41. The van der Waals surface area contributed by atoms with E-state index in [-0.39, 0.29) is 11.8 Å². The van der Waals surface area contributed by atoms with Crippen molar-refractivity contribution in [1.29, 1.82) is 0 Å². The van der Waals surface area contributed by atoms with Crippen molar-refractivity contribution in [1.82, 2.24) is 0 Å². The molecule has 1 aliphatic rings. The molecule has 0 bridgehead atoms. The van der Waals surface area contributed by atoms with Gasteiger partial charge in [0.25, 0.3) is 0 Å². The Kier molecular flexibility index (Phi) is 4.51. The summed E-state index contributed by atoms with van der Waals surface area (Å²) in [6, 6.07) is 7.05. The molecule has 3 nitrogen and oxygen atoms in total. The van der Waals surface area contributed by atoms with Gasteiger partial charge in [-0.3, -0.25) is 9.59 Å². The summed E-state index contributed by atoms with van der Waals surface area (Å²) < 4.78 is 0. The van der Waals surface area contributed by atoms with Crippen LogP contribution in [-0.2, 0) is 4.79 Å². The quantitative estimate of drug-likeness (QED) is 0.655. The first-order valence-electron chi connectivity index (χ1n) is 6.66. The van der Waals surface area contributed by atoms with Gasteiger partial charge in [0.05, 0.1) is 0 Å². The lowest BCUT2D eigenvalue weighted by Gasteiger charge is -2.14. The van der Waals surface area contributed by atoms with E-state index in [1.165, 1.54) is 12.8 Å². The zero-order valence-electron chi connectivity index (χ0n) is 10.5. The van der Waals surface area contributed by atoms with Crippen molar-refractivity contribution in [3.63, 3.8) is 0 Å². The molecule has 18 heavy (non-hydrogen) atoms. The number of benzene rings is 1. The van der Waals surface area contributed by atoms with Crippen molar-refractivity contribution in [3.05, 3.63) is 29.8 Å². The Bertz CT molecular complexity index is 420. The highest BCUT2D eigenvalue weighted by Gasteiger charge is 2.19. The van der Waals surface area contributed by atoms with Crippen LogP contribution < -0.4 is 5.32 Å². The van der Waals surface area contributed by atoms with Crippen LogP contribution in [0.1, 0.15) is 48.9 Å². The van der Waals surface area contributed by atoms with Crippen molar-refractivity contribution >= 4 is 17.9 Å². The number of rotatable bonds is 3. The number of hydrogen-bond acceptors (Lipinski definition) is 2. The fourth-order valence-corrected chi connectivity index (χ4v) is 2.48. The highest BCUT2D eigenvalue weighted by atomic mass is 16.1. The average Bonchev–Trinajstić information content (AvgIpc) is 2.68. The smallest absolute Gasteiger partial charge is 0.227 e. The van der Waals surface area contributed by atoms with Gasteiger partial charge in [0.1, 0.15) is 6.29 Å². The van der Waals surface area contributed by atoms with E-state index in [9.17, 15) is 9.59 Å². The molecule has 96 valence electrons. The maximum absolute atomic E-state index is 12.1. The van der Waals surface area contributed by atoms with Gasteiger partial charge in [-0.05, 0) is 25.0 Å². The fraction of sp³-hybridized carbons (Fsp3) is 0.467. The van der Waals surface area contributed by atoms with Gasteiger partial charge >= 0.3 is 0 Å². The molecular weight excluding hydrogens is 226 g/mol. The lowest BCUT2D eigenvalue weighted by Crippen LogP contribution is -2.22. The summed E-state index contributed by atoms with van der Waals surface area (Å²) >= 11 is 0. The molecule has 0 saturated heterocycles. The normalized spacial score (nSPS) is 16.9. The lowest BCUT2D eigenvalue weighted by atomic mass is 9.99. The van der Waals surface area contributed by atoms with Gasteiger partial charge < -0.3 is 5.32 Å². The fourth-order valence-electron chi connectivity index (χ4n) is 2.48. The number of amides is 1. The molecule has 1 fully saturated rings. The van der Waals surface area contributed by atoms with Crippen LogP contribution in [-0.4, -0.2) is 12.2 Å². The predicted molar refractivity (Wildman–Crippen MR) is 71.7 cm³/mol. The Morgan fingerprint density at radius 2 is 1.89 bits per heavy atom. The van der Waals surface area contributed by atoms with Crippen LogP contribution in [0.3, 0.4) is 0 Å². The van der Waals surface area contributed by atoms with Crippen molar-refractivity contribution in [2.75, 3.05) is 5.32 Å². The van der Waals surface area contributed by atoms with Crippen LogP contribution in [0.15, 0.2) is 24.3 Å². The van der Waals surface area contributed by atoms with Crippen LogP contribution >= 0.6 is 0 Å². The first-order chi connectivity index (χ1) is 8.79. The summed E-state index contributed by atoms with van der Waals surface area (Å²) in [5.74, 6) is 0.229. The molecule has 3 heteroatoms. The largest absolute Gasteiger partial charge is 0.326 e. The second-order valence-corrected chi connectivity index (χ2v) is 4.92. The molecule has 1 amide bonds. The topological polar surface area (TPSA) is 46.2 Å². The third kappa shape index (κ3) is 3.42. The Hall–Kier alpha value is -1.64. The van der Waals surface area contributed by atoms with Crippen molar-refractivity contribution in [2.24, 2.45) is 5.92 Å². The monoisotopic (exact) mass is 245 g/mol. The highest BCUT2D eigenvalue weighted by molar-refractivity contribution is 5.93. The standard InChI is InChI=1S/C15H19NO2/c17-11-12-6-5-9-14(10-12)16-15(18)13-7-3-1-2-4-8-13/h5-6,9-11,13H,1-4,7-8H2,(H,16,18). The maximum atomic E-state index is 12.1. The van der Waals surface area contributed by atoms with E-state index < -0.39 is 0 Å². The average molecular weight is 245 g/mol. The van der Waals surface area contributed by atoms with Gasteiger partial charge in [-0.15, -0.1) is 0 Å². The molecule has 0 spiro atoms. The maximum Gasteiger partial charge on any atom is 0.227 e. The number of aldehydes is 1. The summed E-state index contributed by atoms with van der Waals surface area (Å²) in [4.78, 5) is 22.8. The molecule has 1 aromatic rings. The second-order valence-electron chi connectivity index (χ2n) is 4.92. The molecule has 0 aromatic heterocycles. The minimum atomic E-state index is 0.0972. The number of carbonyl (C=O) groups excluding carboxylic acids is 2. The highest BCUT2D eigenvalue weighted by Crippen LogP contribution is 2.24. The lowest BCUT2D eigenvalue weighted by molar-refractivity contribution is -0.120. The van der Waals surface area contributed by atoms with Crippen LogP contribution in [0, 0.1) is 5.92 Å². The molecule has 2 rings (SSSR count). The summed E-state index contributed by atoms with van der Waals surface area (Å²) in [7, 11) is 0. The van der Waals surface area contributed by atoms with E-state index in [2.05, 4.69) is 5.32 Å². The van der Waals surface area contributed by atoms with E-state index >= 15 is 0 Å². The van der Waals surface area contributed by atoms with E-state index in [0.29, 0.717) is 11.3 Å². The Morgan fingerprint density at radius 3 is 2.56 bits per heavy atom. The zero-order valence-corrected chi connectivity index (χ0v) is 10.5. The van der Waals surface area contributed by atoms with Crippen LogP contribution in [0.2, 0.25) is 0 Å². The van der Waals surface area contributed by atoms with Gasteiger partial charge in [-0.2, -0.15) is 0 Å². The molecule has 1 aromatic carbocycles. The minimum absolute atomic E-state index is 0.0972. The van der Waals surface area contributed by atoms with E-state index in [1.54, 1.807) is 18.2 Å². The van der Waals surface area contributed by atoms with Crippen LogP contribution in [0.4, 0.5) is 5.69 Å². The van der Waals surface area contributed by atoms with Gasteiger partial charge in [0.15, 0.2) is 0 Å². The number of carbonyl (C=O) groups is 2. The number of anilines is 1. The summed E-state index contributed by atoms with van der Waals surface area (Å²) in [6.45, 7) is 0. The van der Waals surface area contributed by atoms with Gasteiger partial charge in [0, 0.05) is 17.2 Å². The first-order valence-corrected chi connectivity index (χ1v) is 6.66. The molecule has 1 saturated carbocycles. The number of nitrogens with one attached hydrogen (secondary N) is 1. The molecule has 0 atom stereocenters. The van der Waals surface area contributed by atoms with Gasteiger partial charge in [-0.25, -0.2) is 0 Å². The molecule has 1 N–H and O–H groups in total. The van der Waals surface area contributed by atoms with Crippen molar-refractivity contribution in [3.8, 4) is 0 Å². The molecule has 0 unspecified atom stereocenters. The molecule has 0 aliphatic heterocycles. The molecule has 0 heterocycles. The van der Waals surface area contributed by atoms with E-state index in [1.807, 2.05) is 6.07 Å². The Labute approximate surface area is 108 Å². The van der Waals surface area contributed by atoms with Gasteiger partial charge in [-0.1, -0.05) is 37.8 Å². The molecule has 1 aliphatic carbocycles. The molecule has 0 radical (unpaired) electrons. The van der Waals surface area contributed by atoms with Crippen molar-refractivity contribution in [2.45, 2.75) is 38.5 Å². The SMILES string of the molecule is O=Cc1cccc(NC(=O)C2CCCCCC2)c1. The summed E-state index contributed by atoms with van der Waals surface area (Å²) in [5.41, 5.74) is 1.31. The van der Waals surface area contributed by atoms with Crippen LogP contribution in [0.25, 0.3) is 0 Å². The first kappa shape index (κ1) is 12.8. The van der Waals surface area contributed by atoms with E-state index in [4.69, 9.17) is 0 Å². The summed E-state index contributed by atoms with van der Waals surface area (Å²) in [5, 5.41) is 2.92. The van der Waals surface area contributed by atoms with Gasteiger partial charge in [0.2, 0.25) is 5.91 Å². The Morgan fingerprint density at radius 1 is 1.17 bits per heavy atom. The minimum Gasteiger partial charge on any atom is -0.326 e. The van der Waals surface area contributed by atoms with Crippen molar-refractivity contribution < 1.29 is 9.59 Å². The molecular formula is C15H19NO2.